The molecule has 0 N–H and O–H groups in total. The van der Waals surface area contributed by atoms with Gasteiger partial charge in [0, 0.05) is 17.3 Å². The summed E-state index contributed by atoms with van der Waals surface area (Å²) in [6.45, 7) is 0. The van der Waals surface area contributed by atoms with Crippen LogP contribution in [0.1, 0.15) is 5.56 Å². The Bertz CT molecular complexity index is 587. The summed E-state index contributed by atoms with van der Waals surface area (Å²) in [5.74, 6) is 0. The van der Waals surface area contributed by atoms with E-state index in [-0.39, 0.29) is 0 Å². The van der Waals surface area contributed by atoms with Gasteiger partial charge in [-0.25, -0.2) is 0 Å². The lowest BCUT2D eigenvalue weighted by Crippen LogP contribution is -1.77. The number of rotatable bonds is 3. The number of nitrogens with zero attached hydrogens (tertiary/aromatic N) is 1. The molecule has 3 rings (SSSR count). The van der Waals surface area contributed by atoms with Gasteiger partial charge in [0.05, 0.1) is 16.9 Å². The highest BCUT2D eigenvalue weighted by atomic mass is 32.3. The summed E-state index contributed by atoms with van der Waals surface area (Å²) in [6, 6.07) is 4.14. The molecule has 3 heterocycles. The molecule has 1 aromatic heterocycles. The van der Waals surface area contributed by atoms with Gasteiger partial charge in [-0.1, -0.05) is 47.0 Å². The molecule has 0 atom stereocenters. The third kappa shape index (κ3) is 3.28. The topological polar surface area (TPSA) is 12.9 Å². The minimum absolute atomic E-state index is 1.25. The molecule has 1 nitrogen and oxygen atoms in total. The van der Waals surface area contributed by atoms with Gasteiger partial charge in [0.2, 0.25) is 0 Å². The van der Waals surface area contributed by atoms with Crippen molar-refractivity contribution in [2.45, 2.75) is 0 Å². The molecule has 0 fully saturated rings. The minimum Gasteiger partial charge on any atom is -0.265 e. The molecule has 0 aromatic carbocycles. The Labute approximate surface area is 144 Å². The first-order valence-electron chi connectivity index (χ1n) is 5.69. The van der Waals surface area contributed by atoms with Gasteiger partial charge in [-0.3, -0.25) is 4.98 Å². The average Bonchev–Trinajstić information content (AvgIpc) is 3.14. The number of hydrogen-bond acceptors (Lipinski definition) is 7. The number of thioether (sulfide) groups is 6. The third-order valence-electron chi connectivity index (χ3n) is 2.52. The molecule has 104 valence electrons. The molecule has 0 saturated carbocycles. The molecule has 20 heavy (non-hydrogen) atoms. The first-order chi connectivity index (χ1) is 9.81. The molecule has 0 saturated heterocycles. The molecule has 7 heteroatoms. The summed E-state index contributed by atoms with van der Waals surface area (Å²) in [5.41, 5.74) is 1.25. The van der Waals surface area contributed by atoms with Crippen molar-refractivity contribution in [1.29, 1.82) is 0 Å². The Morgan fingerprint density at radius 3 is 2.15 bits per heavy atom. The van der Waals surface area contributed by atoms with Crippen molar-refractivity contribution in [2.75, 3.05) is 12.5 Å². The van der Waals surface area contributed by atoms with E-state index in [0.717, 1.165) is 0 Å². The molecule has 2 aliphatic heterocycles. The lowest BCUT2D eigenvalue weighted by Gasteiger charge is -2.03. The van der Waals surface area contributed by atoms with Crippen LogP contribution in [0, 0.1) is 0 Å². The van der Waals surface area contributed by atoms with Gasteiger partial charge >= 0.3 is 0 Å². The van der Waals surface area contributed by atoms with Crippen molar-refractivity contribution < 1.29 is 0 Å². The second-order valence-corrected chi connectivity index (χ2v) is 10.3. The highest BCUT2D eigenvalue weighted by Gasteiger charge is 2.26. The van der Waals surface area contributed by atoms with E-state index in [1.165, 1.54) is 27.4 Å². The molecule has 0 unspecified atom stereocenters. The Morgan fingerprint density at radius 1 is 0.900 bits per heavy atom. The SMILES string of the molecule is CSC1=C(SC)SC(=C2SC=C(c3ccncc3)S2)S1. The maximum atomic E-state index is 4.08. The number of hydrogen-bond donors (Lipinski definition) is 0. The summed E-state index contributed by atoms with van der Waals surface area (Å²) in [7, 11) is 0. The normalized spacial score (nSPS) is 19.0. The lowest BCUT2D eigenvalue weighted by atomic mass is 10.3. The van der Waals surface area contributed by atoms with Crippen LogP contribution in [0.5, 0.6) is 0 Å². The highest BCUT2D eigenvalue weighted by Crippen LogP contribution is 2.62. The molecule has 0 spiro atoms. The zero-order valence-corrected chi connectivity index (χ0v) is 15.7. The summed E-state index contributed by atoms with van der Waals surface area (Å²) >= 11 is 11.2. The summed E-state index contributed by atoms with van der Waals surface area (Å²) < 4.78 is 5.70. The molecular formula is C13H11NS6. The first-order valence-corrected chi connectivity index (χ1v) is 11.5. The van der Waals surface area contributed by atoms with Gasteiger partial charge in [0.15, 0.2) is 0 Å². The monoisotopic (exact) mass is 373 g/mol. The van der Waals surface area contributed by atoms with Crippen LogP contribution in [0.15, 0.2) is 46.9 Å². The van der Waals surface area contributed by atoms with E-state index in [0.29, 0.717) is 0 Å². The maximum Gasteiger partial charge on any atom is 0.0717 e. The van der Waals surface area contributed by atoms with Crippen molar-refractivity contribution >= 4 is 75.5 Å². The predicted octanol–water partition coefficient (Wildman–Crippen LogP) is 6.32. The molecule has 0 amide bonds. The summed E-state index contributed by atoms with van der Waals surface area (Å²) in [5, 5.41) is 2.25. The van der Waals surface area contributed by atoms with E-state index in [1.807, 2.05) is 83.0 Å². The van der Waals surface area contributed by atoms with E-state index in [1.54, 1.807) is 0 Å². The minimum atomic E-state index is 1.25. The molecule has 1 aromatic rings. The average molecular weight is 374 g/mol. The fraction of sp³-hybridized carbons (Fsp3) is 0.154. The zero-order chi connectivity index (χ0) is 13.9. The predicted molar refractivity (Wildman–Crippen MR) is 104 cm³/mol. The first kappa shape index (κ1) is 15.4. The van der Waals surface area contributed by atoms with Gasteiger partial charge in [-0.05, 0) is 35.6 Å². The van der Waals surface area contributed by atoms with Gasteiger partial charge in [0.1, 0.15) is 0 Å². The van der Waals surface area contributed by atoms with E-state index in [9.17, 15) is 0 Å². The smallest absolute Gasteiger partial charge is 0.0717 e. The van der Waals surface area contributed by atoms with E-state index >= 15 is 0 Å². The summed E-state index contributed by atoms with van der Waals surface area (Å²) in [6.07, 6.45) is 8.01. The van der Waals surface area contributed by atoms with Crippen LogP contribution < -0.4 is 0 Å². The van der Waals surface area contributed by atoms with Crippen molar-refractivity contribution in [1.82, 2.24) is 4.98 Å². The molecule has 0 aliphatic carbocycles. The van der Waals surface area contributed by atoms with Gasteiger partial charge < -0.3 is 0 Å². The molecule has 2 aliphatic rings. The van der Waals surface area contributed by atoms with E-state index < -0.39 is 0 Å². The van der Waals surface area contributed by atoms with Crippen molar-refractivity contribution in [3.05, 3.63) is 52.4 Å². The van der Waals surface area contributed by atoms with Crippen LogP contribution in [-0.2, 0) is 0 Å². The molecular weight excluding hydrogens is 363 g/mol. The number of aromatic nitrogens is 1. The fourth-order valence-electron chi connectivity index (χ4n) is 1.59. The maximum absolute atomic E-state index is 4.08. The Morgan fingerprint density at radius 2 is 1.55 bits per heavy atom. The van der Waals surface area contributed by atoms with E-state index in [4.69, 9.17) is 0 Å². The van der Waals surface area contributed by atoms with Gasteiger partial charge in [0.25, 0.3) is 0 Å². The number of pyridine rings is 1. The second-order valence-electron chi connectivity index (χ2n) is 3.70. The quantitative estimate of drug-likeness (QED) is 0.607. The van der Waals surface area contributed by atoms with Crippen molar-refractivity contribution in [2.24, 2.45) is 0 Å². The summed E-state index contributed by atoms with van der Waals surface area (Å²) in [4.78, 5) is 5.40. The molecule has 0 radical (unpaired) electrons. The lowest BCUT2D eigenvalue weighted by molar-refractivity contribution is 1.32. The van der Waals surface area contributed by atoms with Crippen LogP contribution in [0.25, 0.3) is 4.91 Å². The van der Waals surface area contributed by atoms with E-state index in [2.05, 4.69) is 35.0 Å². The van der Waals surface area contributed by atoms with Gasteiger partial charge in [-0.15, -0.1) is 23.5 Å². The standard InChI is InChI=1S/C13H11NS6/c1-15-10-11(16-2)20-13(19-10)12-17-7-9(18-12)8-3-5-14-6-4-8/h3-7H,1-2H3. The van der Waals surface area contributed by atoms with Crippen LogP contribution in [0.4, 0.5) is 0 Å². The molecule has 0 bridgehead atoms. The van der Waals surface area contributed by atoms with Crippen molar-refractivity contribution in [3.8, 4) is 0 Å². The fourth-order valence-corrected chi connectivity index (χ4v) is 9.21. The largest absolute Gasteiger partial charge is 0.265 e. The second kappa shape index (κ2) is 7.15. The van der Waals surface area contributed by atoms with Crippen LogP contribution >= 0.6 is 70.6 Å². The zero-order valence-electron chi connectivity index (χ0n) is 10.8. The Balaban J connectivity index is 1.76. The van der Waals surface area contributed by atoms with Crippen molar-refractivity contribution in [3.63, 3.8) is 0 Å². The Kier molecular flexibility index (Phi) is 5.50. The van der Waals surface area contributed by atoms with Crippen LogP contribution in [-0.4, -0.2) is 17.5 Å². The highest BCUT2D eigenvalue weighted by molar-refractivity contribution is 8.42. The third-order valence-corrected chi connectivity index (χ3v) is 10.7. The van der Waals surface area contributed by atoms with Crippen LogP contribution in [0.2, 0.25) is 0 Å². The van der Waals surface area contributed by atoms with Crippen LogP contribution in [0.3, 0.4) is 0 Å². The van der Waals surface area contributed by atoms with Gasteiger partial charge in [-0.2, -0.15) is 0 Å². The Hall–Kier alpha value is 0.470.